The van der Waals surface area contributed by atoms with E-state index in [2.05, 4.69) is 48.5 Å². The summed E-state index contributed by atoms with van der Waals surface area (Å²) in [6, 6.07) is 26.6. The predicted molar refractivity (Wildman–Crippen MR) is 179 cm³/mol. The minimum Gasteiger partial charge on any atom is -0.634 e. The van der Waals surface area contributed by atoms with E-state index in [-0.39, 0.29) is 47.8 Å². The first-order valence-electron chi connectivity index (χ1n) is 17.0. The smallest absolute Gasteiger partial charge is 0.307 e. The molecule has 5 aliphatic rings. The molecule has 8 heteroatoms. The molecule has 1 N–H and O–H groups in total. The lowest BCUT2D eigenvalue weighted by molar-refractivity contribution is -0.956. The molecule has 3 aliphatic heterocycles. The molecule has 0 spiro atoms. The van der Waals surface area contributed by atoms with Crippen LogP contribution in [0.15, 0.2) is 88.8 Å². The number of ether oxygens (including phenoxy) is 3. The number of nitrogens with zero attached hydrogens (tertiary/aromatic N) is 2. The molecule has 3 aromatic carbocycles. The molecule has 0 saturated carbocycles. The average Bonchev–Trinajstić information content (AvgIpc) is 3.79. The van der Waals surface area contributed by atoms with Crippen molar-refractivity contribution < 1.29 is 24.1 Å². The highest BCUT2D eigenvalue weighted by molar-refractivity contribution is 6.09. The van der Waals surface area contributed by atoms with Gasteiger partial charge in [0.2, 0.25) is 11.8 Å². The Balaban J connectivity index is 1.20. The lowest BCUT2D eigenvalue weighted by atomic mass is 9.77. The van der Waals surface area contributed by atoms with Crippen LogP contribution < -0.4 is 5.06 Å². The average molecular weight is 634 g/mol. The maximum Gasteiger partial charge on any atom is 0.307 e. The Labute approximate surface area is 276 Å². The maximum absolute atomic E-state index is 14.3. The van der Waals surface area contributed by atoms with Gasteiger partial charge >= 0.3 is 5.97 Å². The zero-order valence-electron chi connectivity index (χ0n) is 27.6. The lowest BCUT2D eigenvalue weighted by Gasteiger charge is -2.54. The molecular weight excluding hydrogens is 590 g/mol. The number of carbonyl (C=O) groups excluding carboxylic acids is 1. The summed E-state index contributed by atoms with van der Waals surface area (Å²) in [5, 5.41) is 13.3. The second kappa shape index (κ2) is 11.0. The van der Waals surface area contributed by atoms with Crippen LogP contribution in [0.3, 0.4) is 0 Å². The molecule has 0 amide bonds. The standard InChI is InChI=1S/C39H43N3O5/c1-37(2)21-27(22-38(3,4)42(37)44)45-32(43)23-39(20-24-12-6-5-7-13-24,35-40-33-28-16-10-8-14-25(28)18-30(33)46-35)36-41-34-29-17-11-9-15-26(29)19-31(34)47-36/h5-17,27,30-31,33-34,42H,18-23H2,1-4H3/t30-,31-,33+,34+/m1/s1. The van der Waals surface area contributed by atoms with Gasteiger partial charge in [-0.2, -0.15) is 0 Å². The number of hydrogen-bond donors (Lipinski definition) is 1. The summed E-state index contributed by atoms with van der Waals surface area (Å²) in [6.07, 6.45) is 2.19. The van der Waals surface area contributed by atoms with E-state index in [4.69, 9.17) is 24.2 Å². The van der Waals surface area contributed by atoms with Crippen LogP contribution in [-0.4, -0.2) is 47.2 Å². The van der Waals surface area contributed by atoms with Gasteiger partial charge in [0, 0.05) is 25.7 Å². The van der Waals surface area contributed by atoms with Gasteiger partial charge in [0.25, 0.3) is 0 Å². The third-order valence-electron chi connectivity index (χ3n) is 10.9. The minimum atomic E-state index is -1.10. The molecule has 0 radical (unpaired) electrons. The van der Waals surface area contributed by atoms with E-state index in [9.17, 15) is 10.0 Å². The van der Waals surface area contributed by atoms with Crippen molar-refractivity contribution in [1.29, 1.82) is 0 Å². The van der Waals surface area contributed by atoms with Gasteiger partial charge in [0.05, 0.1) is 17.5 Å². The molecule has 1 fully saturated rings. The summed E-state index contributed by atoms with van der Waals surface area (Å²) >= 11 is 0. The lowest BCUT2D eigenvalue weighted by Crippen LogP contribution is -3.23. The van der Waals surface area contributed by atoms with E-state index in [1.807, 2.05) is 58.0 Å². The van der Waals surface area contributed by atoms with Crippen LogP contribution in [0.25, 0.3) is 0 Å². The zero-order chi connectivity index (χ0) is 32.6. The van der Waals surface area contributed by atoms with Crippen molar-refractivity contribution in [2.75, 3.05) is 0 Å². The fourth-order valence-corrected chi connectivity index (χ4v) is 8.94. The number of piperidine rings is 1. The van der Waals surface area contributed by atoms with E-state index in [0.717, 1.165) is 18.4 Å². The first kappa shape index (κ1) is 30.3. The van der Waals surface area contributed by atoms with E-state index in [1.54, 1.807) is 0 Å². The maximum atomic E-state index is 14.3. The highest BCUT2D eigenvalue weighted by atomic mass is 16.6. The van der Waals surface area contributed by atoms with Gasteiger partial charge in [0.1, 0.15) is 35.8 Å². The Bertz CT molecular complexity index is 1670. The van der Waals surface area contributed by atoms with Gasteiger partial charge in [-0.05, 0) is 61.9 Å². The van der Waals surface area contributed by atoms with Crippen LogP contribution in [0, 0.1) is 10.6 Å². The molecular formula is C39H43N3O5. The first-order chi connectivity index (χ1) is 22.5. The Morgan fingerprint density at radius 3 is 1.83 bits per heavy atom. The van der Waals surface area contributed by atoms with Gasteiger partial charge < -0.3 is 24.5 Å². The highest BCUT2D eigenvalue weighted by Crippen LogP contribution is 2.49. The number of esters is 1. The number of quaternary nitrogens is 1. The number of aliphatic imine (C=N–C) groups is 2. The van der Waals surface area contributed by atoms with Crippen LogP contribution in [0.4, 0.5) is 0 Å². The Hall–Kier alpha value is -4.01. The van der Waals surface area contributed by atoms with Crippen molar-refractivity contribution in [3.05, 3.63) is 112 Å². The summed E-state index contributed by atoms with van der Waals surface area (Å²) in [5.74, 6) is 0.628. The number of carbonyl (C=O) groups is 1. The molecule has 47 heavy (non-hydrogen) atoms. The number of rotatable bonds is 7. The molecule has 1 saturated heterocycles. The molecule has 0 aromatic heterocycles. The summed E-state index contributed by atoms with van der Waals surface area (Å²) < 4.78 is 19.9. The third kappa shape index (κ3) is 5.17. The van der Waals surface area contributed by atoms with E-state index >= 15 is 0 Å². The monoisotopic (exact) mass is 633 g/mol. The Morgan fingerprint density at radius 2 is 1.30 bits per heavy atom. The SMILES string of the molecule is CC1(C)CC(OC(=O)CC(Cc2ccccc2)(C2=N[C@H]3c4ccccc4C[C@H]3O2)C2=N[C@H]3c4ccccc4C[C@H]3O2)CC(C)(C)[NH+]1[O-]. The second-order valence-corrected chi connectivity index (χ2v) is 15.4. The van der Waals surface area contributed by atoms with Gasteiger partial charge in [-0.25, -0.2) is 9.98 Å². The van der Waals surface area contributed by atoms with E-state index in [1.165, 1.54) is 22.3 Å². The molecule has 3 aromatic rings. The summed E-state index contributed by atoms with van der Waals surface area (Å²) in [4.78, 5) is 24.9. The molecule has 244 valence electrons. The fourth-order valence-electron chi connectivity index (χ4n) is 8.94. The van der Waals surface area contributed by atoms with Crippen LogP contribution in [-0.2, 0) is 38.3 Å². The second-order valence-electron chi connectivity index (χ2n) is 15.4. The Kier molecular flexibility index (Phi) is 7.12. The summed E-state index contributed by atoms with van der Waals surface area (Å²) in [6.45, 7) is 7.80. The minimum absolute atomic E-state index is 0.0347. The van der Waals surface area contributed by atoms with Crippen molar-refractivity contribution in [3.63, 3.8) is 0 Å². The molecule has 0 bridgehead atoms. The largest absolute Gasteiger partial charge is 0.634 e. The number of hydroxylamine groups is 2. The highest BCUT2D eigenvalue weighted by Gasteiger charge is 2.56. The van der Waals surface area contributed by atoms with Crippen molar-refractivity contribution in [1.82, 2.24) is 0 Å². The number of fused-ring (bicyclic) bond motifs is 6. The topological polar surface area (TPSA) is 97.0 Å². The summed E-state index contributed by atoms with van der Waals surface area (Å²) in [5.41, 5.74) is 3.58. The van der Waals surface area contributed by atoms with Gasteiger partial charge in [-0.1, -0.05) is 78.9 Å². The van der Waals surface area contributed by atoms with Crippen LogP contribution >= 0.6 is 0 Å². The normalized spacial score (nSPS) is 29.4. The zero-order valence-corrected chi connectivity index (χ0v) is 27.6. The predicted octanol–water partition coefficient (Wildman–Crippen LogP) is 5.44. The number of nitrogens with one attached hydrogen (secondary N) is 1. The van der Waals surface area contributed by atoms with Gasteiger partial charge in [-0.15, -0.1) is 0 Å². The molecule has 8 rings (SSSR count). The molecule has 2 aliphatic carbocycles. The molecule has 8 nitrogen and oxygen atoms in total. The third-order valence-corrected chi connectivity index (χ3v) is 10.9. The van der Waals surface area contributed by atoms with Gasteiger partial charge in [0.15, 0.2) is 0 Å². The van der Waals surface area contributed by atoms with Crippen LogP contribution in [0.2, 0.25) is 0 Å². The quantitative estimate of drug-likeness (QED) is 0.276. The summed E-state index contributed by atoms with van der Waals surface area (Å²) in [7, 11) is 0. The van der Waals surface area contributed by atoms with Crippen molar-refractivity contribution >= 4 is 17.8 Å². The van der Waals surface area contributed by atoms with Crippen molar-refractivity contribution in [3.8, 4) is 0 Å². The van der Waals surface area contributed by atoms with Crippen molar-refractivity contribution in [2.24, 2.45) is 15.4 Å². The van der Waals surface area contributed by atoms with Crippen molar-refractivity contribution in [2.45, 2.75) is 108 Å². The van der Waals surface area contributed by atoms with Crippen LogP contribution in [0.5, 0.6) is 0 Å². The molecule has 3 heterocycles. The number of benzene rings is 3. The van der Waals surface area contributed by atoms with E-state index in [0.29, 0.717) is 31.1 Å². The van der Waals surface area contributed by atoms with Crippen LogP contribution in [0.1, 0.15) is 86.9 Å². The number of hydrogen-bond acceptors (Lipinski definition) is 7. The molecule has 0 unspecified atom stereocenters. The van der Waals surface area contributed by atoms with Gasteiger partial charge in [-0.3, -0.25) is 4.79 Å². The Morgan fingerprint density at radius 1 is 0.809 bits per heavy atom. The molecule has 4 atom stereocenters. The fraction of sp³-hybridized carbons (Fsp3) is 0.462. The first-order valence-corrected chi connectivity index (χ1v) is 17.0. The van der Waals surface area contributed by atoms with E-state index < -0.39 is 16.5 Å².